The second-order valence-corrected chi connectivity index (χ2v) is 7.91. The number of ether oxygens (including phenoxy) is 1. The van der Waals surface area contributed by atoms with E-state index < -0.39 is 0 Å². The van der Waals surface area contributed by atoms with Gasteiger partial charge in [0.15, 0.2) is 0 Å². The van der Waals surface area contributed by atoms with Crippen LogP contribution in [0.25, 0.3) is 0 Å². The summed E-state index contributed by atoms with van der Waals surface area (Å²) in [6, 6.07) is 17.2. The summed E-state index contributed by atoms with van der Waals surface area (Å²) in [5.74, 6) is 1.09. The second kappa shape index (κ2) is 7.39. The minimum Gasteiger partial charge on any atom is -0.487 e. The average molecular weight is 356 g/mol. The highest BCUT2D eigenvalue weighted by Gasteiger charge is 2.42. The van der Waals surface area contributed by atoms with E-state index in [4.69, 9.17) is 16.3 Å². The monoisotopic (exact) mass is 355 g/mol. The highest BCUT2D eigenvalue weighted by atomic mass is 35.5. The maximum Gasteiger partial charge on any atom is 0.124 e. The van der Waals surface area contributed by atoms with Crippen molar-refractivity contribution in [3.8, 4) is 5.75 Å². The lowest BCUT2D eigenvalue weighted by Gasteiger charge is -2.40. The molecular formula is C22H26ClNO. The Morgan fingerprint density at radius 1 is 1.04 bits per heavy atom. The normalized spacial score (nSPS) is 21.1. The summed E-state index contributed by atoms with van der Waals surface area (Å²) in [6.45, 7) is 1.03. The summed E-state index contributed by atoms with van der Waals surface area (Å²) in [5, 5.41) is 4.61. The molecule has 132 valence electrons. The number of halogens is 1. The summed E-state index contributed by atoms with van der Waals surface area (Å²) in [4.78, 5) is 0. The molecule has 0 saturated heterocycles. The van der Waals surface area contributed by atoms with Crippen molar-refractivity contribution in [2.75, 3.05) is 6.54 Å². The smallest absolute Gasteiger partial charge is 0.124 e. The third-order valence-electron chi connectivity index (χ3n) is 5.66. The Labute approximate surface area is 155 Å². The number of hydrogen-bond donors (Lipinski definition) is 1. The van der Waals surface area contributed by atoms with E-state index in [0.29, 0.717) is 6.04 Å². The molecule has 0 radical (unpaired) electrons. The van der Waals surface area contributed by atoms with Crippen LogP contribution in [0.4, 0.5) is 0 Å². The van der Waals surface area contributed by atoms with E-state index in [1.54, 1.807) is 0 Å². The van der Waals surface area contributed by atoms with E-state index in [0.717, 1.165) is 36.6 Å². The molecule has 2 aromatic rings. The number of rotatable bonds is 5. The highest BCUT2D eigenvalue weighted by molar-refractivity contribution is 6.30. The molecule has 4 rings (SSSR count). The van der Waals surface area contributed by atoms with Crippen molar-refractivity contribution >= 4 is 11.6 Å². The van der Waals surface area contributed by atoms with E-state index >= 15 is 0 Å². The standard InChI is InChI=1S/C22H26ClNO/c23-18-11-9-17(10-12-18)6-5-15-24-20-16-22(13-3-4-14-22)25-21-8-2-1-7-19(20)21/h1-2,7-12,20,24H,3-6,13-16H2. The Morgan fingerprint density at radius 2 is 1.80 bits per heavy atom. The van der Waals surface area contributed by atoms with E-state index in [1.165, 1.54) is 36.8 Å². The molecule has 1 heterocycles. The molecule has 2 aliphatic rings. The first-order valence-corrected chi connectivity index (χ1v) is 9.88. The van der Waals surface area contributed by atoms with E-state index in [2.05, 4.69) is 41.7 Å². The van der Waals surface area contributed by atoms with Crippen LogP contribution in [0, 0.1) is 0 Å². The van der Waals surface area contributed by atoms with Gasteiger partial charge in [-0.2, -0.15) is 0 Å². The number of hydrogen-bond acceptors (Lipinski definition) is 2. The van der Waals surface area contributed by atoms with E-state index in [-0.39, 0.29) is 5.60 Å². The summed E-state index contributed by atoms with van der Waals surface area (Å²) in [6.07, 6.45) is 8.31. The molecular weight excluding hydrogens is 330 g/mol. The number of fused-ring (bicyclic) bond motifs is 1. The van der Waals surface area contributed by atoms with Crippen molar-refractivity contribution in [3.63, 3.8) is 0 Å². The van der Waals surface area contributed by atoms with Crippen molar-refractivity contribution in [2.45, 2.75) is 56.6 Å². The molecule has 1 saturated carbocycles. The summed E-state index contributed by atoms with van der Waals surface area (Å²) in [7, 11) is 0. The maximum absolute atomic E-state index is 6.44. The van der Waals surface area contributed by atoms with Crippen molar-refractivity contribution in [1.82, 2.24) is 5.32 Å². The predicted molar refractivity (Wildman–Crippen MR) is 103 cm³/mol. The van der Waals surface area contributed by atoms with Crippen LogP contribution in [0.3, 0.4) is 0 Å². The first-order chi connectivity index (χ1) is 12.2. The first-order valence-electron chi connectivity index (χ1n) is 9.50. The van der Waals surface area contributed by atoms with Crippen LogP contribution in [0.2, 0.25) is 5.02 Å². The minimum absolute atomic E-state index is 0.0716. The molecule has 1 aliphatic carbocycles. The topological polar surface area (TPSA) is 21.3 Å². The molecule has 1 aliphatic heterocycles. The molecule has 1 N–H and O–H groups in total. The third kappa shape index (κ3) is 3.86. The van der Waals surface area contributed by atoms with Gasteiger partial charge >= 0.3 is 0 Å². The van der Waals surface area contributed by atoms with Crippen molar-refractivity contribution < 1.29 is 4.74 Å². The molecule has 1 unspecified atom stereocenters. The third-order valence-corrected chi connectivity index (χ3v) is 5.91. The molecule has 1 fully saturated rings. The zero-order valence-corrected chi connectivity index (χ0v) is 15.4. The zero-order valence-electron chi connectivity index (χ0n) is 14.6. The molecule has 0 bridgehead atoms. The SMILES string of the molecule is Clc1ccc(CCCNC2CC3(CCCC3)Oc3ccccc32)cc1. The minimum atomic E-state index is 0.0716. The average Bonchev–Trinajstić information content (AvgIpc) is 3.07. The summed E-state index contributed by atoms with van der Waals surface area (Å²) >= 11 is 5.96. The van der Waals surface area contributed by atoms with Gasteiger partial charge in [0.1, 0.15) is 11.4 Å². The Hall–Kier alpha value is -1.51. The van der Waals surface area contributed by atoms with Gasteiger partial charge in [-0.15, -0.1) is 0 Å². The van der Waals surface area contributed by atoms with E-state index in [9.17, 15) is 0 Å². The molecule has 2 aromatic carbocycles. The van der Waals surface area contributed by atoms with Crippen LogP contribution in [-0.2, 0) is 6.42 Å². The van der Waals surface area contributed by atoms with Crippen LogP contribution < -0.4 is 10.1 Å². The van der Waals surface area contributed by atoms with Crippen molar-refractivity contribution in [1.29, 1.82) is 0 Å². The first kappa shape index (κ1) is 16.9. The molecule has 25 heavy (non-hydrogen) atoms. The van der Waals surface area contributed by atoms with Gasteiger partial charge in [-0.25, -0.2) is 0 Å². The van der Waals surface area contributed by atoms with Crippen molar-refractivity contribution in [3.05, 3.63) is 64.7 Å². The highest BCUT2D eigenvalue weighted by Crippen LogP contribution is 2.46. The number of para-hydroxylation sites is 1. The zero-order chi connectivity index (χ0) is 17.1. The van der Waals surface area contributed by atoms with Gasteiger partial charge in [0.2, 0.25) is 0 Å². The lowest BCUT2D eigenvalue weighted by molar-refractivity contribution is 0.0368. The fourth-order valence-corrected chi connectivity index (χ4v) is 4.47. The van der Waals surface area contributed by atoms with Crippen molar-refractivity contribution in [2.24, 2.45) is 0 Å². The van der Waals surface area contributed by atoms with Crippen LogP contribution >= 0.6 is 11.6 Å². The number of benzene rings is 2. The van der Waals surface area contributed by atoms with Gasteiger partial charge in [-0.3, -0.25) is 0 Å². The Balaban J connectivity index is 1.38. The van der Waals surface area contributed by atoms with Gasteiger partial charge in [0, 0.05) is 23.0 Å². The Morgan fingerprint density at radius 3 is 2.60 bits per heavy atom. The molecule has 1 atom stereocenters. The molecule has 3 heteroatoms. The summed E-state index contributed by atoms with van der Waals surface area (Å²) < 4.78 is 6.44. The summed E-state index contributed by atoms with van der Waals surface area (Å²) in [5.41, 5.74) is 2.75. The van der Waals surface area contributed by atoms with Crippen LogP contribution in [0.5, 0.6) is 5.75 Å². The molecule has 2 nitrogen and oxygen atoms in total. The molecule has 1 spiro atoms. The lowest BCUT2D eigenvalue weighted by atomic mass is 9.86. The van der Waals surface area contributed by atoms with E-state index in [1.807, 2.05) is 12.1 Å². The van der Waals surface area contributed by atoms with Gasteiger partial charge in [-0.05, 0) is 68.8 Å². The van der Waals surface area contributed by atoms with Crippen LogP contribution in [-0.4, -0.2) is 12.1 Å². The van der Waals surface area contributed by atoms with Crippen LogP contribution in [0.1, 0.15) is 55.7 Å². The molecule has 0 aromatic heterocycles. The van der Waals surface area contributed by atoms with Gasteiger partial charge in [0.25, 0.3) is 0 Å². The quantitative estimate of drug-likeness (QED) is 0.695. The van der Waals surface area contributed by atoms with Gasteiger partial charge in [-0.1, -0.05) is 41.9 Å². The fraction of sp³-hybridized carbons (Fsp3) is 0.455. The van der Waals surface area contributed by atoms with Gasteiger partial charge in [0.05, 0.1) is 0 Å². The maximum atomic E-state index is 6.44. The largest absolute Gasteiger partial charge is 0.487 e. The number of nitrogens with one attached hydrogen (secondary N) is 1. The van der Waals surface area contributed by atoms with Crippen LogP contribution in [0.15, 0.2) is 48.5 Å². The predicted octanol–water partition coefficient (Wildman–Crippen LogP) is 5.70. The Kier molecular flexibility index (Phi) is 5.00. The number of aryl methyl sites for hydroxylation is 1. The fourth-order valence-electron chi connectivity index (χ4n) is 4.35. The molecule has 0 amide bonds. The second-order valence-electron chi connectivity index (χ2n) is 7.47. The lowest BCUT2D eigenvalue weighted by Crippen LogP contribution is -2.42. The Bertz CT molecular complexity index is 706. The van der Waals surface area contributed by atoms with Gasteiger partial charge < -0.3 is 10.1 Å².